The minimum Gasteiger partial charge on any atom is -0.480 e. The summed E-state index contributed by atoms with van der Waals surface area (Å²) in [5.41, 5.74) is 0.520. The third-order valence-electron chi connectivity index (χ3n) is 4.67. The van der Waals surface area contributed by atoms with E-state index in [9.17, 15) is 9.90 Å². The zero-order valence-corrected chi connectivity index (χ0v) is 11.6. The van der Waals surface area contributed by atoms with E-state index in [1.54, 1.807) is 0 Å². The molecule has 19 heavy (non-hydrogen) atoms. The summed E-state index contributed by atoms with van der Waals surface area (Å²) >= 11 is 5.89. The zero-order chi connectivity index (χ0) is 13.5. The molecule has 0 saturated carbocycles. The number of fused-ring (bicyclic) bond motifs is 2. The summed E-state index contributed by atoms with van der Waals surface area (Å²) in [6.07, 6.45) is 4.75. The Kier molecular flexibility index (Phi) is 3.27. The molecule has 0 aliphatic carbocycles. The van der Waals surface area contributed by atoms with Crippen molar-refractivity contribution in [2.75, 3.05) is 0 Å². The molecule has 3 nitrogen and oxygen atoms in total. The van der Waals surface area contributed by atoms with Gasteiger partial charge in [-0.1, -0.05) is 23.7 Å². The van der Waals surface area contributed by atoms with E-state index in [0.29, 0.717) is 12.6 Å². The zero-order valence-electron chi connectivity index (χ0n) is 10.8. The average Bonchev–Trinajstić information content (AvgIpc) is 2.60. The lowest BCUT2D eigenvalue weighted by Gasteiger charge is -2.42. The van der Waals surface area contributed by atoms with Crippen LogP contribution in [0.15, 0.2) is 24.3 Å². The average molecular weight is 280 g/mol. The van der Waals surface area contributed by atoms with Gasteiger partial charge in [0.15, 0.2) is 0 Å². The van der Waals surface area contributed by atoms with Gasteiger partial charge in [-0.3, -0.25) is 9.69 Å². The first-order valence-corrected chi connectivity index (χ1v) is 7.24. The molecule has 2 aliphatic rings. The Morgan fingerprint density at radius 3 is 2.74 bits per heavy atom. The highest BCUT2D eigenvalue weighted by Crippen LogP contribution is 2.45. The molecule has 0 radical (unpaired) electrons. The van der Waals surface area contributed by atoms with Crippen LogP contribution in [0.2, 0.25) is 5.02 Å². The van der Waals surface area contributed by atoms with Crippen LogP contribution in [0.1, 0.15) is 37.7 Å². The molecular weight excluding hydrogens is 262 g/mol. The van der Waals surface area contributed by atoms with E-state index in [2.05, 4.69) is 4.90 Å². The summed E-state index contributed by atoms with van der Waals surface area (Å²) in [6.45, 7) is 0.716. The Morgan fingerprint density at radius 2 is 2.05 bits per heavy atom. The SMILES string of the molecule is O=C(O)C12CCCC(CC1)N2Cc1ccc(Cl)cc1. The summed E-state index contributed by atoms with van der Waals surface area (Å²) < 4.78 is 0. The van der Waals surface area contributed by atoms with Crippen molar-refractivity contribution in [2.45, 2.75) is 50.2 Å². The molecule has 2 fully saturated rings. The Balaban J connectivity index is 1.86. The smallest absolute Gasteiger partial charge is 0.324 e. The molecule has 2 atom stereocenters. The first-order valence-electron chi connectivity index (χ1n) is 6.86. The molecular formula is C15H18ClNO2. The molecule has 1 N–H and O–H groups in total. The van der Waals surface area contributed by atoms with Crippen LogP contribution in [0.5, 0.6) is 0 Å². The molecule has 3 rings (SSSR count). The number of carboxylic acid groups (broad SMARTS) is 1. The van der Waals surface area contributed by atoms with Crippen LogP contribution >= 0.6 is 11.6 Å². The highest BCUT2D eigenvalue weighted by molar-refractivity contribution is 6.30. The second-order valence-electron chi connectivity index (χ2n) is 5.68. The van der Waals surface area contributed by atoms with Crippen LogP contribution in [-0.2, 0) is 11.3 Å². The standard InChI is InChI=1S/C15H18ClNO2/c16-12-5-3-11(4-6-12)10-17-13-2-1-8-15(17,9-7-13)14(18)19/h3-6,13H,1-2,7-10H2,(H,18,19). The number of piperidine rings is 1. The van der Waals surface area contributed by atoms with E-state index in [1.165, 1.54) is 0 Å². The number of benzene rings is 1. The lowest BCUT2D eigenvalue weighted by atomic mass is 9.88. The van der Waals surface area contributed by atoms with Gasteiger partial charge in [-0.25, -0.2) is 0 Å². The van der Waals surface area contributed by atoms with Gasteiger partial charge in [0.2, 0.25) is 0 Å². The van der Waals surface area contributed by atoms with Crippen LogP contribution in [0.3, 0.4) is 0 Å². The van der Waals surface area contributed by atoms with Gasteiger partial charge in [0.25, 0.3) is 0 Å². The monoisotopic (exact) mass is 279 g/mol. The highest BCUT2D eigenvalue weighted by atomic mass is 35.5. The first kappa shape index (κ1) is 12.9. The maximum Gasteiger partial charge on any atom is 0.324 e. The molecule has 102 valence electrons. The van der Waals surface area contributed by atoms with Crippen molar-refractivity contribution in [3.05, 3.63) is 34.9 Å². The van der Waals surface area contributed by atoms with Crippen molar-refractivity contribution in [1.82, 2.24) is 4.90 Å². The second kappa shape index (κ2) is 4.80. The molecule has 0 spiro atoms. The number of hydrogen-bond donors (Lipinski definition) is 1. The Bertz CT molecular complexity index is 483. The first-order chi connectivity index (χ1) is 9.12. The minimum atomic E-state index is -0.649. The second-order valence-corrected chi connectivity index (χ2v) is 6.11. The lowest BCUT2D eigenvalue weighted by Crippen LogP contribution is -2.54. The van der Waals surface area contributed by atoms with E-state index in [4.69, 9.17) is 11.6 Å². The summed E-state index contributed by atoms with van der Waals surface area (Å²) in [6, 6.07) is 8.16. The van der Waals surface area contributed by atoms with Crippen molar-refractivity contribution >= 4 is 17.6 Å². The van der Waals surface area contributed by atoms with Crippen molar-refractivity contribution in [1.29, 1.82) is 0 Å². The normalized spacial score (nSPS) is 30.5. The number of rotatable bonds is 3. The molecule has 1 aromatic carbocycles. The number of aliphatic carboxylic acids is 1. The Labute approximate surface area is 118 Å². The number of carboxylic acids is 1. The van der Waals surface area contributed by atoms with Crippen LogP contribution in [-0.4, -0.2) is 27.6 Å². The molecule has 2 unspecified atom stereocenters. The molecule has 2 bridgehead atoms. The number of halogens is 1. The Hall–Kier alpha value is -1.06. The predicted octanol–water partition coefficient (Wildman–Crippen LogP) is 3.31. The molecule has 1 aromatic rings. The van der Waals surface area contributed by atoms with E-state index in [1.807, 2.05) is 24.3 Å². The summed E-state index contributed by atoms with van der Waals surface area (Å²) in [4.78, 5) is 13.9. The summed E-state index contributed by atoms with van der Waals surface area (Å²) in [5.74, 6) is -0.649. The fraction of sp³-hybridized carbons (Fsp3) is 0.533. The minimum absolute atomic E-state index is 0.431. The van der Waals surface area contributed by atoms with E-state index in [0.717, 1.165) is 42.7 Å². The summed E-state index contributed by atoms with van der Waals surface area (Å²) in [7, 11) is 0. The van der Waals surface area contributed by atoms with Gasteiger partial charge in [-0.05, 0) is 49.8 Å². The predicted molar refractivity (Wildman–Crippen MR) is 74.2 cm³/mol. The van der Waals surface area contributed by atoms with Gasteiger partial charge >= 0.3 is 5.97 Å². The van der Waals surface area contributed by atoms with Crippen molar-refractivity contribution in [2.24, 2.45) is 0 Å². The number of carbonyl (C=O) groups is 1. The van der Waals surface area contributed by atoms with Crippen LogP contribution in [0.4, 0.5) is 0 Å². The Morgan fingerprint density at radius 1 is 1.32 bits per heavy atom. The molecule has 0 amide bonds. The van der Waals surface area contributed by atoms with Gasteiger partial charge < -0.3 is 5.11 Å². The number of nitrogens with zero attached hydrogens (tertiary/aromatic N) is 1. The summed E-state index contributed by atoms with van der Waals surface area (Å²) in [5, 5.41) is 10.4. The maximum absolute atomic E-state index is 11.7. The van der Waals surface area contributed by atoms with Crippen LogP contribution in [0.25, 0.3) is 0 Å². The van der Waals surface area contributed by atoms with Crippen LogP contribution < -0.4 is 0 Å². The van der Waals surface area contributed by atoms with Gasteiger partial charge in [0.05, 0.1) is 0 Å². The van der Waals surface area contributed by atoms with Crippen molar-refractivity contribution < 1.29 is 9.90 Å². The lowest BCUT2D eigenvalue weighted by molar-refractivity contribution is -0.153. The van der Waals surface area contributed by atoms with Crippen LogP contribution in [0, 0.1) is 0 Å². The van der Waals surface area contributed by atoms with Crippen molar-refractivity contribution in [3.63, 3.8) is 0 Å². The molecule has 2 saturated heterocycles. The van der Waals surface area contributed by atoms with Gasteiger partial charge in [0, 0.05) is 17.6 Å². The highest BCUT2D eigenvalue weighted by Gasteiger charge is 2.53. The van der Waals surface area contributed by atoms with Gasteiger partial charge in [0.1, 0.15) is 5.54 Å². The quantitative estimate of drug-likeness (QED) is 0.923. The van der Waals surface area contributed by atoms with Gasteiger partial charge in [-0.2, -0.15) is 0 Å². The number of hydrogen-bond acceptors (Lipinski definition) is 2. The van der Waals surface area contributed by atoms with E-state index >= 15 is 0 Å². The fourth-order valence-electron chi connectivity index (χ4n) is 3.66. The third-order valence-corrected chi connectivity index (χ3v) is 4.93. The van der Waals surface area contributed by atoms with Crippen molar-refractivity contribution in [3.8, 4) is 0 Å². The third kappa shape index (κ3) is 2.15. The largest absolute Gasteiger partial charge is 0.480 e. The maximum atomic E-state index is 11.7. The molecule has 2 heterocycles. The molecule has 4 heteroatoms. The topological polar surface area (TPSA) is 40.5 Å². The molecule has 2 aliphatic heterocycles. The van der Waals surface area contributed by atoms with E-state index < -0.39 is 11.5 Å². The van der Waals surface area contributed by atoms with E-state index in [-0.39, 0.29) is 0 Å². The van der Waals surface area contributed by atoms with Gasteiger partial charge in [-0.15, -0.1) is 0 Å². The molecule has 0 aromatic heterocycles. The fourth-order valence-corrected chi connectivity index (χ4v) is 3.78.